The van der Waals surface area contributed by atoms with E-state index in [1.54, 1.807) is 12.1 Å². The lowest BCUT2D eigenvalue weighted by atomic mass is 9.94. The fourth-order valence-corrected chi connectivity index (χ4v) is 4.67. The Morgan fingerprint density at radius 3 is 2.11 bits per heavy atom. The van der Waals surface area contributed by atoms with Crippen molar-refractivity contribution in [1.82, 2.24) is 14.5 Å². The number of nitrogens with zero attached hydrogens (tertiary/aromatic N) is 2. The van der Waals surface area contributed by atoms with Crippen LogP contribution in [0, 0.1) is 5.92 Å². The van der Waals surface area contributed by atoms with Gasteiger partial charge in [-0.2, -0.15) is 0 Å². The minimum atomic E-state index is -3.17. The van der Waals surface area contributed by atoms with Gasteiger partial charge in [0.1, 0.15) is 0 Å². The highest BCUT2D eigenvalue weighted by molar-refractivity contribution is 7.88. The first-order valence-electron chi connectivity index (χ1n) is 9.44. The minimum absolute atomic E-state index is 0.0754. The number of rotatable bonds is 4. The second kappa shape index (κ2) is 8.39. The number of carbonyl (C=O) groups excluding carboxylic acids is 2. The van der Waals surface area contributed by atoms with Crippen LogP contribution in [0.15, 0.2) is 30.3 Å². The standard InChI is InChI=1S/C19H27N3O4S/c1-27(25,26)22-13-7-16(8-14-22)19(24)21-11-9-17(10-12-21)20-18(23)15-5-3-2-4-6-15/h2-6,16-17H,7-14H2,1H3,(H,20,23). The molecule has 0 aromatic heterocycles. The normalized spacial score (nSPS) is 20.4. The molecule has 2 saturated heterocycles. The van der Waals surface area contributed by atoms with Crippen LogP contribution in [0.1, 0.15) is 36.0 Å². The molecule has 2 heterocycles. The van der Waals surface area contributed by atoms with E-state index in [-0.39, 0.29) is 23.8 Å². The van der Waals surface area contributed by atoms with Crippen LogP contribution in [0.5, 0.6) is 0 Å². The summed E-state index contributed by atoms with van der Waals surface area (Å²) in [6.07, 6.45) is 3.86. The predicted molar refractivity (Wildman–Crippen MR) is 103 cm³/mol. The third-order valence-corrected chi connectivity index (χ3v) is 6.75. The lowest BCUT2D eigenvalue weighted by Crippen LogP contribution is -2.49. The van der Waals surface area contributed by atoms with Crippen molar-refractivity contribution in [2.75, 3.05) is 32.4 Å². The van der Waals surface area contributed by atoms with Gasteiger partial charge in [-0.1, -0.05) is 18.2 Å². The van der Waals surface area contributed by atoms with Crippen LogP contribution in [-0.2, 0) is 14.8 Å². The molecule has 0 atom stereocenters. The van der Waals surface area contributed by atoms with Crippen LogP contribution < -0.4 is 5.32 Å². The maximum absolute atomic E-state index is 12.7. The Balaban J connectivity index is 1.45. The van der Waals surface area contributed by atoms with Gasteiger partial charge in [0.25, 0.3) is 5.91 Å². The van der Waals surface area contributed by atoms with Gasteiger partial charge in [-0.25, -0.2) is 12.7 Å². The van der Waals surface area contributed by atoms with E-state index in [9.17, 15) is 18.0 Å². The Labute approximate surface area is 160 Å². The Kier molecular flexibility index (Phi) is 6.16. The minimum Gasteiger partial charge on any atom is -0.349 e. The molecule has 0 spiro atoms. The van der Waals surface area contributed by atoms with E-state index in [2.05, 4.69) is 5.32 Å². The Morgan fingerprint density at radius 1 is 0.963 bits per heavy atom. The summed E-state index contributed by atoms with van der Waals surface area (Å²) in [5, 5.41) is 3.05. The van der Waals surface area contributed by atoms with E-state index in [1.807, 2.05) is 23.1 Å². The third-order valence-electron chi connectivity index (χ3n) is 5.45. The van der Waals surface area contributed by atoms with Gasteiger partial charge in [0.2, 0.25) is 15.9 Å². The second-order valence-corrected chi connectivity index (χ2v) is 9.36. The van der Waals surface area contributed by atoms with Crippen molar-refractivity contribution >= 4 is 21.8 Å². The van der Waals surface area contributed by atoms with Crippen LogP contribution in [0.3, 0.4) is 0 Å². The van der Waals surface area contributed by atoms with Crippen molar-refractivity contribution in [3.8, 4) is 0 Å². The molecular formula is C19H27N3O4S. The summed E-state index contributed by atoms with van der Waals surface area (Å²) in [4.78, 5) is 26.8. The van der Waals surface area contributed by atoms with Gasteiger partial charge in [-0.15, -0.1) is 0 Å². The van der Waals surface area contributed by atoms with Crippen LogP contribution >= 0.6 is 0 Å². The number of nitrogens with one attached hydrogen (secondary N) is 1. The molecule has 0 saturated carbocycles. The van der Waals surface area contributed by atoms with Crippen molar-refractivity contribution < 1.29 is 18.0 Å². The number of carbonyl (C=O) groups is 2. The second-order valence-electron chi connectivity index (χ2n) is 7.38. The van der Waals surface area contributed by atoms with Gasteiger partial charge in [0.15, 0.2) is 0 Å². The number of amides is 2. The molecule has 2 aliphatic rings. The molecule has 3 rings (SSSR count). The lowest BCUT2D eigenvalue weighted by molar-refractivity contribution is -0.137. The summed E-state index contributed by atoms with van der Waals surface area (Å²) in [6, 6.07) is 9.21. The van der Waals surface area contributed by atoms with Gasteiger partial charge in [0, 0.05) is 43.7 Å². The van der Waals surface area contributed by atoms with Crippen molar-refractivity contribution in [2.45, 2.75) is 31.7 Å². The number of benzene rings is 1. The summed E-state index contributed by atoms with van der Waals surface area (Å²) in [7, 11) is -3.17. The fraction of sp³-hybridized carbons (Fsp3) is 0.579. The summed E-state index contributed by atoms with van der Waals surface area (Å²) in [5.74, 6) is -0.0528. The van der Waals surface area contributed by atoms with E-state index in [1.165, 1.54) is 10.6 Å². The third kappa shape index (κ3) is 5.07. The maximum atomic E-state index is 12.7. The van der Waals surface area contributed by atoms with E-state index in [0.717, 1.165) is 12.8 Å². The van der Waals surface area contributed by atoms with Crippen molar-refractivity contribution in [1.29, 1.82) is 0 Å². The van der Waals surface area contributed by atoms with Crippen LogP contribution in [0.4, 0.5) is 0 Å². The molecule has 0 aliphatic carbocycles. The zero-order valence-corrected chi connectivity index (χ0v) is 16.5. The highest BCUT2D eigenvalue weighted by Crippen LogP contribution is 2.23. The molecule has 0 unspecified atom stereocenters. The molecule has 0 radical (unpaired) electrons. The summed E-state index contributed by atoms with van der Waals surface area (Å²) in [5.41, 5.74) is 0.647. The maximum Gasteiger partial charge on any atom is 0.251 e. The molecular weight excluding hydrogens is 366 g/mol. The van der Waals surface area contributed by atoms with Gasteiger partial charge >= 0.3 is 0 Å². The average Bonchev–Trinajstić information content (AvgIpc) is 2.68. The first-order chi connectivity index (χ1) is 12.8. The monoisotopic (exact) mass is 393 g/mol. The average molecular weight is 394 g/mol. The molecule has 1 N–H and O–H groups in total. The molecule has 1 aromatic rings. The molecule has 2 amide bonds. The highest BCUT2D eigenvalue weighted by Gasteiger charge is 2.33. The number of hydrogen-bond donors (Lipinski definition) is 1. The molecule has 7 nitrogen and oxygen atoms in total. The molecule has 1 aromatic carbocycles. The number of sulfonamides is 1. The molecule has 0 bridgehead atoms. The molecule has 8 heteroatoms. The summed E-state index contributed by atoms with van der Waals surface area (Å²) >= 11 is 0. The van der Waals surface area contributed by atoms with E-state index in [4.69, 9.17) is 0 Å². The Morgan fingerprint density at radius 2 is 1.56 bits per heavy atom. The number of hydrogen-bond acceptors (Lipinski definition) is 4. The zero-order valence-electron chi connectivity index (χ0n) is 15.6. The molecule has 148 valence electrons. The van der Waals surface area contributed by atoms with Gasteiger partial charge in [-0.3, -0.25) is 9.59 Å². The van der Waals surface area contributed by atoms with Crippen LogP contribution in [0.2, 0.25) is 0 Å². The largest absolute Gasteiger partial charge is 0.349 e. The number of piperidine rings is 2. The van der Waals surface area contributed by atoms with Crippen LogP contribution in [-0.4, -0.2) is 67.9 Å². The fourth-order valence-electron chi connectivity index (χ4n) is 3.80. The van der Waals surface area contributed by atoms with Gasteiger partial charge in [-0.05, 0) is 37.8 Å². The zero-order chi connectivity index (χ0) is 19.4. The van der Waals surface area contributed by atoms with Gasteiger partial charge in [0.05, 0.1) is 6.26 Å². The van der Waals surface area contributed by atoms with Crippen molar-refractivity contribution in [2.24, 2.45) is 5.92 Å². The SMILES string of the molecule is CS(=O)(=O)N1CCC(C(=O)N2CCC(NC(=O)c3ccccc3)CC2)CC1. The quantitative estimate of drug-likeness (QED) is 0.829. The molecule has 27 heavy (non-hydrogen) atoms. The molecule has 2 fully saturated rings. The van der Waals surface area contributed by atoms with Gasteiger partial charge < -0.3 is 10.2 Å². The molecule has 2 aliphatic heterocycles. The first-order valence-corrected chi connectivity index (χ1v) is 11.3. The van der Waals surface area contributed by atoms with Crippen molar-refractivity contribution in [3.63, 3.8) is 0 Å². The topological polar surface area (TPSA) is 86.8 Å². The Hall–Kier alpha value is -1.93. The number of likely N-dealkylation sites (tertiary alicyclic amines) is 1. The lowest BCUT2D eigenvalue weighted by Gasteiger charge is -2.37. The smallest absolute Gasteiger partial charge is 0.251 e. The summed E-state index contributed by atoms with van der Waals surface area (Å²) < 4.78 is 24.6. The predicted octanol–water partition coefficient (Wildman–Crippen LogP) is 1.08. The van der Waals surface area contributed by atoms with Crippen molar-refractivity contribution in [3.05, 3.63) is 35.9 Å². The van der Waals surface area contributed by atoms with E-state index >= 15 is 0 Å². The van der Waals surface area contributed by atoms with E-state index in [0.29, 0.717) is 44.6 Å². The van der Waals surface area contributed by atoms with Crippen LogP contribution in [0.25, 0.3) is 0 Å². The Bertz CT molecular complexity index is 765. The highest BCUT2D eigenvalue weighted by atomic mass is 32.2. The van der Waals surface area contributed by atoms with E-state index < -0.39 is 10.0 Å². The first kappa shape index (κ1) is 19.8. The summed E-state index contributed by atoms with van der Waals surface area (Å²) in [6.45, 7) is 2.09.